The molecule has 4 aromatic rings. The minimum atomic E-state index is -0.284. The third-order valence-corrected chi connectivity index (χ3v) is 5.63. The first kappa shape index (κ1) is 20.8. The summed E-state index contributed by atoms with van der Waals surface area (Å²) in [6.45, 7) is 3.34. The van der Waals surface area contributed by atoms with Crippen LogP contribution in [0, 0.1) is 0 Å². The topological polar surface area (TPSA) is 94.8 Å². The van der Waals surface area contributed by atoms with Crippen molar-refractivity contribution in [3.05, 3.63) is 72.3 Å². The van der Waals surface area contributed by atoms with Gasteiger partial charge in [0.15, 0.2) is 5.82 Å². The molecule has 4 heterocycles. The second-order valence-corrected chi connectivity index (χ2v) is 7.87. The van der Waals surface area contributed by atoms with Gasteiger partial charge >= 0.3 is 0 Å². The standard InChI is InChI=1S/C25H24N6O2/c1-2-19-10-8-18(15-26-19)17-9-11-22-20(14-17)25(32)29-23-7-5-6-21(28-23)24-30-27-16-31(24)12-3-4-13-33-22/h5-11,14-16H,2-4,12-13H2,1H3,(H,28,29,32). The minimum absolute atomic E-state index is 0.284. The van der Waals surface area contributed by atoms with Crippen LogP contribution in [0.25, 0.3) is 22.6 Å². The number of rotatable bonds is 2. The van der Waals surface area contributed by atoms with Crippen molar-refractivity contribution in [2.75, 3.05) is 11.9 Å². The number of hydrogen-bond acceptors (Lipinski definition) is 6. The molecule has 0 spiro atoms. The zero-order valence-electron chi connectivity index (χ0n) is 18.4. The van der Waals surface area contributed by atoms with Crippen molar-refractivity contribution >= 4 is 11.7 Å². The first-order valence-corrected chi connectivity index (χ1v) is 11.1. The van der Waals surface area contributed by atoms with Gasteiger partial charge < -0.3 is 14.6 Å². The average molecular weight is 441 g/mol. The number of hydrogen-bond donors (Lipinski definition) is 1. The molecule has 2 bridgehead atoms. The maximum absolute atomic E-state index is 13.3. The zero-order valence-corrected chi connectivity index (χ0v) is 18.4. The maximum atomic E-state index is 13.3. The molecule has 0 saturated heterocycles. The Labute approximate surface area is 191 Å². The summed E-state index contributed by atoms with van der Waals surface area (Å²) in [4.78, 5) is 22.4. The van der Waals surface area contributed by atoms with Crippen LogP contribution in [0.4, 0.5) is 5.82 Å². The molecule has 166 valence electrons. The Morgan fingerprint density at radius 3 is 2.85 bits per heavy atom. The summed E-state index contributed by atoms with van der Waals surface area (Å²) < 4.78 is 7.99. The molecule has 0 saturated carbocycles. The lowest BCUT2D eigenvalue weighted by molar-refractivity contribution is 0.102. The molecule has 1 N–H and O–H groups in total. The highest BCUT2D eigenvalue weighted by atomic mass is 16.5. The first-order chi connectivity index (χ1) is 16.2. The highest BCUT2D eigenvalue weighted by Crippen LogP contribution is 2.28. The van der Waals surface area contributed by atoms with E-state index in [-0.39, 0.29) is 5.91 Å². The quantitative estimate of drug-likeness (QED) is 0.497. The normalized spacial score (nSPS) is 13.8. The molecule has 8 nitrogen and oxygen atoms in total. The maximum Gasteiger partial charge on any atom is 0.260 e. The lowest BCUT2D eigenvalue weighted by atomic mass is 10.0. The van der Waals surface area contributed by atoms with Gasteiger partial charge in [-0.05, 0) is 55.2 Å². The van der Waals surface area contributed by atoms with Crippen molar-refractivity contribution in [2.24, 2.45) is 0 Å². The van der Waals surface area contributed by atoms with Gasteiger partial charge in [0.25, 0.3) is 5.91 Å². The zero-order chi connectivity index (χ0) is 22.6. The second-order valence-electron chi connectivity index (χ2n) is 7.87. The Balaban J connectivity index is 1.52. The van der Waals surface area contributed by atoms with Gasteiger partial charge in [0.1, 0.15) is 23.6 Å². The molecule has 8 heteroatoms. The minimum Gasteiger partial charge on any atom is -0.493 e. The summed E-state index contributed by atoms with van der Waals surface area (Å²) in [7, 11) is 0. The molecule has 1 aliphatic rings. The van der Waals surface area contributed by atoms with E-state index in [1.54, 1.807) is 12.4 Å². The number of pyridine rings is 2. The van der Waals surface area contributed by atoms with Crippen LogP contribution < -0.4 is 10.1 Å². The van der Waals surface area contributed by atoms with Gasteiger partial charge in [-0.1, -0.05) is 25.1 Å². The molecule has 5 rings (SSSR count). The Kier molecular flexibility index (Phi) is 5.80. The number of nitrogens with one attached hydrogen (secondary N) is 1. The summed E-state index contributed by atoms with van der Waals surface area (Å²) in [5, 5.41) is 11.2. The number of aryl methyl sites for hydroxylation is 2. The largest absolute Gasteiger partial charge is 0.493 e. The van der Waals surface area contributed by atoms with Gasteiger partial charge in [-0.15, -0.1) is 10.2 Å². The second kappa shape index (κ2) is 9.20. The summed E-state index contributed by atoms with van der Waals surface area (Å²) in [6.07, 6.45) is 6.14. The van der Waals surface area contributed by atoms with Crippen molar-refractivity contribution in [1.82, 2.24) is 24.7 Å². The number of nitrogens with zero attached hydrogens (tertiary/aromatic N) is 5. The van der Waals surface area contributed by atoms with Crippen molar-refractivity contribution in [3.63, 3.8) is 0 Å². The van der Waals surface area contributed by atoms with E-state index in [9.17, 15) is 4.79 Å². The molecule has 3 aromatic heterocycles. The molecule has 33 heavy (non-hydrogen) atoms. The van der Waals surface area contributed by atoms with Crippen molar-refractivity contribution in [3.8, 4) is 28.4 Å². The number of carbonyl (C=O) groups excluding carboxylic acids is 1. The van der Waals surface area contributed by atoms with Crippen LogP contribution in [0.5, 0.6) is 5.75 Å². The smallest absolute Gasteiger partial charge is 0.260 e. The van der Waals surface area contributed by atoms with Crippen LogP contribution in [0.3, 0.4) is 0 Å². The SMILES string of the molecule is CCc1ccc(-c2ccc3c(c2)C(=O)Nc2cccc(n2)-c2nncn2CCCCO3)cn1. The van der Waals surface area contributed by atoms with Crippen molar-refractivity contribution in [1.29, 1.82) is 0 Å². The summed E-state index contributed by atoms with van der Waals surface area (Å²) in [5.41, 5.74) is 3.99. The Morgan fingerprint density at radius 2 is 2.00 bits per heavy atom. The molecule has 0 fully saturated rings. The van der Waals surface area contributed by atoms with E-state index in [1.807, 2.05) is 53.2 Å². The van der Waals surface area contributed by atoms with Gasteiger partial charge in [0.2, 0.25) is 0 Å². The average Bonchev–Trinajstić information content (AvgIpc) is 3.32. The van der Waals surface area contributed by atoms with Crippen molar-refractivity contribution in [2.45, 2.75) is 32.7 Å². The van der Waals surface area contributed by atoms with E-state index in [0.717, 1.165) is 42.6 Å². The third-order valence-electron chi connectivity index (χ3n) is 5.63. The third kappa shape index (κ3) is 4.45. The number of fused-ring (bicyclic) bond motifs is 5. The van der Waals surface area contributed by atoms with Crippen LogP contribution in [0.15, 0.2) is 61.1 Å². The van der Waals surface area contributed by atoms with Gasteiger partial charge in [0.05, 0.1) is 12.2 Å². The Bertz CT molecular complexity index is 1280. The van der Waals surface area contributed by atoms with E-state index in [2.05, 4.69) is 32.4 Å². The van der Waals surface area contributed by atoms with Crippen LogP contribution >= 0.6 is 0 Å². The molecule has 0 atom stereocenters. The molecule has 0 aliphatic carbocycles. The van der Waals surface area contributed by atoms with Crippen molar-refractivity contribution < 1.29 is 9.53 Å². The molecule has 0 radical (unpaired) electrons. The highest BCUT2D eigenvalue weighted by Gasteiger charge is 2.17. The summed E-state index contributed by atoms with van der Waals surface area (Å²) >= 11 is 0. The molecular weight excluding hydrogens is 416 g/mol. The van der Waals surface area contributed by atoms with Crippen LogP contribution in [0.1, 0.15) is 35.8 Å². The van der Waals surface area contributed by atoms with E-state index in [0.29, 0.717) is 35.3 Å². The lowest BCUT2D eigenvalue weighted by Crippen LogP contribution is -2.16. The number of aromatic nitrogens is 5. The summed E-state index contributed by atoms with van der Waals surface area (Å²) in [5.74, 6) is 1.38. The first-order valence-electron chi connectivity index (χ1n) is 11.1. The number of ether oxygens (including phenoxy) is 1. The van der Waals surface area contributed by atoms with E-state index < -0.39 is 0 Å². The molecule has 0 unspecified atom stereocenters. The van der Waals surface area contributed by atoms with Crippen LogP contribution in [0.2, 0.25) is 0 Å². The fourth-order valence-corrected chi connectivity index (χ4v) is 3.81. The van der Waals surface area contributed by atoms with E-state index in [4.69, 9.17) is 4.74 Å². The van der Waals surface area contributed by atoms with Gasteiger partial charge in [0, 0.05) is 24.0 Å². The van der Waals surface area contributed by atoms with Crippen LogP contribution in [-0.2, 0) is 13.0 Å². The number of benzene rings is 1. The van der Waals surface area contributed by atoms with E-state index >= 15 is 0 Å². The fraction of sp³-hybridized carbons (Fsp3) is 0.240. The molecule has 1 aliphatic heterocycles. The number of amides is 1. The lowest BCUT2D eigenvalue weighted by Gasteiger charge is -2.15. The number of carbonyl (C=O) groups is 1. The molecule has 1 aromatic carbocycles. The highest BCUT2D eigenvalue weighted by molar-refractivity contribution is 6.06. The fourth-order valence-electron chi connectivity index (χ4n) is 3.81. The van der Waals surface area contributed by atoms with Crippen LogP contribution in [-0.4, -0.2) is 37.2 Å². The predicted molar refractivity (Wildman–Crippen MR) is 125 cm³/mol. The monoisotopic (exact) mass is 440 g/mol. The molecular formula is C25H24N6O2. The van der Waals surface area contributed by atoms with Gasteiger partial charge in [-0.25, -0.2) is 4.98 Å². The van der Waals surface area contributed by atoms with E-state index in [1.165, 1.54) is 0 Å². The summed E-state index contributed by atoms with van der Waals surface area (Å²) in [6, 6.07) is 15.2. The van der Waals surface area contributed by atoms with Gasteiger partial charge in [-0.2, -0.15) is 0 Å². The van der Waals surface area contributed by atoms with Gasteiger partial charge in [-0.3, -0.25) is 9.78 Å². The number of anilines is 1. The Morgan fingerprint density at radius 1 is 1.09 bits per heavy atom. The Hall–Kier alpha value is -4.07. The predicted octanol–water partition coefficient (Wildman–Crippen LogP) is 4.39. The molecule has 1 amide bonds.